The number of carbonyl (C=O) groups is 1. The van der Waals surface area contributed by atoms with E-state index >= 15 is 0 Å². The highest BCUT2D eigenvalue weighted by Crippen LogP contribution is 2.19. The molecule has 0 aliphatic heterocycles. The average molecular weight is 235 g/mol. The lowest BCUT2D eigenvalue weighted by Gasteiger charge is -2.19. The van der Waals surface area contributed by atoms with Crippen LogP contribution in [0.15, 0.2) is 18.2 Å². The molecule has 0 amide bonds. The van der Waals surface area contributed by atoms with Crippen LogP contribution < -0.4 is 5.32 Å². The minimum Gasteiger partial charge on any atom is -0.478 e. The van der Waals surface area contributed by atoms with Crippen molar-refractivity contribution < 1.29 is 9.90 Å². The van der Waals surface area contributed by atoms with Crippen LogP contribution in [0.4, 0.5) is 5.69 Å². The molecule has 0 spiro atoms. The zero-order chi connectivity index (χ0) is 12.8. The number of aromatic carboxylic acids is 1. The van der Waals surface area contributed by atoms with Crippen molar-refractivity contribution in [2.45, 2.75) is 46.1 Å². The van der Waals surface area contributed by atoms with E-state index in [4.69, 9.17) is 5.11 Å². The van der Waals surface area contributed by atoms with Crippen molar-refractivity contribution in [1.29, 1.82) is 0 Å². The van der Waals surface area contributed by atoms with Crippen LogP contribution in [-0.4, -0.2) is 17.1 Å². The van der Waals surface area contributed by atoms with Crippen molar-refractivity contribution in [2.24, 2.45) is 0 Å². The molecule has 0 heterocycles. The summed E-state index contributed by atoms with van der Waals surface area (Å²) in [6.45, 7) is 6.27. The van der Waals surface area contributed by atoms with Crippen molar-refractivity contribution in [1.82, 2.24) is 0 Å². The third kappa shape index (κ3) is 3.77. The van der Waals surface area contributed by atoms with E-state index in [1.165, 1.54) is 0 Å². The molecule has 1 aromatic carbocycles. The Labute approximate surface area is 103 Å². The summed E-state index contributed by atoms with van der Waals surface area (Å²) in [4.78, 5) is 10.8. The Bertz CT molecular complexity index is 388. The molecule has 0 aliphatic rings. The van der Waals surface area contributed by atoms with Gasteiger partial charge in [0, 0.05) is 11.7 Å². The molecule has 3 nitrogen and oxygen atoms in total. The van der Waals surface area contributed by atoms with Crippen molar-refractivity contribution in [3.8, 4) is 0 Å². The second-order valence-corrected chi connectivity index (χ2v) is 4.37. The molecule has 0 saturated heterocycles. The highest BCUT2D eigenvalue weighted by molar-refractivity contribution is 5.88. The zero-order valence-corrected chi connectivity index (χ0v) is 10.8. The van der Waals surface area contributed by atoms with E-state index in [0.717, 1.165) is 30.5 Å². The van der Waals surface area contributed by atoms with E-state index in [0.29, 0.717) is 11.6 Å². The molecule has 0 fully saturated rings. The van der Waals surface area contributed by atoms with Crippen molar-refractivity contribution in [2.75, 3.05) is 5.32 Å². The molecular formula is C14H21NO2. The smallest absolute Gasteiger partial charge is 0.335 e. The van der Waals surface area contributed by atoms with Gasteiger partial charge >= 0.3 is 5.97 Å². The molecule has 1 unspecified atom stereocenters. The molecule has 17 heavy (non-hydrogen) atoms. The first-order valence-corrected chi connectivity index (χ1v) is 6.19. The summed E-state index contributed by atoms with van der Waals surface area (Å²) < 4.78 is 0. The number of carboxylic acid groups (broad SMARTS) is 1. The van der Waals surface area contributed by atoms with E-state index in [2.05, 4.69) is 19.2 Å². The number of anilines is 1. The Morgan fingerprint density at radius 1 is 1.41 bits per heavy atom. The quantitative estimate of drug-likeness (QED) is 0.790. The van der Waals surface area contributed by atoms with Gasteiger partial charge < -0.3 is 10.4 Å². The maximum atomic E-state index is 10.8. The number of nitrogens with one attached hydrogen (secondary N) is 1. The lowest BCUT2D eigenvalue weighted by Crippen LogP contribution is -2.18. The SMILES string of the molecule is CCCC(CC)Nc1ccc(C(=O)O)cc1C. The molecule has 3 heteroatoms. The van der Waals surface area contributed by atoms with E-state index in [9.17, 15) is 4.79 Å². The Morgan fingerprint density at radius 3 is 2.59 bits per heavy atom. The van der Waals surface area contributed by atoms with Crippen LogP contribution in [0.25, 0.3) is 0 Å². The minimum absolute atomic E-state index is 0.344. The summed E-state index contributed by atoms with van der Waals surface area (Å²) in [5, 5.41) is 12.4. The number of rotatable bonds is 6. The van der Waals surface area contributed by atoms with Crippen molar-refractivity contribution >= 4 is 11.7 Å². The van der Waals surface area contributed by atoms with Crippen LogP contribution in [0, 0.1) is 6.92 Å². The van der Waals surface area contributed by atoms with Gasteiger partial charge in [0.25, 0.3) is 0 Å². The van der Waals surface area contributed by atoms with Crippen LogP contribution in [0.2, 0.25) is 0 Å². The first-order valence-electron chi connectivity index (χ1n) is 6.19. The standard InChI is InChI=1S/C14H21NO2/c1-4-6-12(5-2)15-13-8-7-11(14(16)17)9-10(13)3/h7-9,12,15H,4-6H2,1-3H3,(H,16,17). The molecule has 1 atom stereocenters. The minimum atomic E-state index is -0.875. The lowest BCUT2D eigenvalue weighted by molar-refractivity contribution is 0.0697. The molecule has 0 saturated carbocycles. The normalized spacial score (nSPS) is 12.2. The highest BCUT2D eigenvalue weighted by atomic mass is 16.4. The van der Waals surface area contributed by atoms with Crippen LogP contribution in [-0.2, 0) is 0 Å². The van der Waals surface area contributed by atoms with Gasteiger partial charge in [0.1, 0.15) is 0 Å². The first kappa shape index (κ1) is 13.6. The number of hydrogen-bond donors (Lipinski definition) is 2. The fourth-order valence-electron chi connectivity index (χ4n) is 1.91. The molecule has 0 aromatic heterocycles. The van der Waals surface area contributed by atoms with Gasteiger partial charge in [-0.25, -0.2) is 4.79 Å². The van der Waals surface area contributed by atoms with Gasteiger partial charge in [-0.3, -0.25) is 0 Å². The average Bonchev–Trinajstić information content (AvgIpc) is 2.30. The van der Waals surface area contributed by atoms with Crippen LogP contribution in [0.5, 0.6) is 0 Å². The third-order valence-corrected chi connectivity index (χ3v) is 2.96. The second-order valence-electron chi connectivity index (χ2n) is 4.37. The fraction of sp³-hybridized carbons (Fsp3) is 0.500. The predicted octanol–water partition coefficient (Wildman–Crippen LogP) is 3.68. The van der Waals surface area contributed by atoms with Gasteiger partial charge in [-0.2, -0.15) is 0 Å². The van der Waals surface area contributed by atoms with Gasteiger partial charge in [-0.1, -0.05) is 20.3 Å². The zero-order valence-electron chi connectivity index (χ0n) is 10.8. The summed E-state index contributed by atoms with van der Waals surface area (Å²) in [5.74, 6) is -0.875. The first-order chi connectivity index (χ1) is 8.08. The van der Waals surface area contributed by atoms with Crippen molar-refractivity contribution in [3.05, 3.63) is 29.3 Å². The summed E-state index contributed by atoms with van der Waals surface area (Å²) >= 11 is 0. The van der Waals surface area contributed by atoms with E-state index in [1.54, 1.807) is 12.1 Å². The van der Waals surface area contributed by atoms with Gasteiger partial charge in [0.05, 0.1) is 5.56 Å². The maximum absolute atomic E-state index is 10.8. The van der Waals surface area contributed by atoms with Crippen LogP contribution in [0.3, 0.4) is 0 Å². The molecule has 0 radical (unpaired) electrons. The molecule has 94 valence electrons. The maximum Gasteiger partial charge on any atom is 0.335 e. The Balaban J connectivity index is 2.81. The van der Waals surface area contributed by atoms with Gasteiger partial charge in [-0.15, -0.1) is 0 Å². The van der Waals surface area contributed by atoms with Gasteiger partial charge in [0.2, 0.25) is 0 Å². The lowest BCUT2D eigenvalue weighted by atomic mass is 10.1. The fourth-order valence-corrected chi connectivity index (χ4v) is 1.91. The number of aryl methyl sites for hydroxylation is 1. The van der Waals surface area contributed by atoms with Crippen LogP contribution >= 0.6 is 0 Å². The molecular weight excluding hydrogens is 214 g/mol. The summed E-state index contributed by atoms with van der Waals surface area (Å²) in [6.07, 6.45) is 3.36. The number of benzene rings is 1. The number of carboxylic acids is 1. The topological polar surface area (TPSA) is 49.3 Å². The largest absolute Gasteiger partial charge is 0.478 e. The van der Waals surface area contributed by atoms with E-state index in [-0.39, 0.29) is 0 Å². The summed E-state index contributed by atoms with van der Waals surface area (Å²) in [6, 6.07) is 5.69. The Morgan fingerprint density at radius 2 is 2.12 bits per heavy atom. The predicted molar refractivity (Wildman–Crippen MR) is 70.7 cm³/mol. The molecule has 2 N–H and O–H groups in total. The second kappa shape index (κ2) is 6.28. The van der Waals surface area contributed by atoms with E-state index < -0.39 is 5.97 Å². The third-order valence-electron chi connectivity index (χ3n) is 2.96. The molecule has 1 rings (SSSR count). The Hall–Kier alpha value is -1.51. The van der Waals surface area contributed by atoms with Gasteiger partial charge in [0.15, 0.2) is 0 Å². The van der Waals surface area contributed by atoms with E-state index in [1.807, 2.05) is 13.0 Å². The monoisotopic (exact) mass is 235 g/mol. The molecule has 1 aromatic rings. The molecule has 0 aliphatic carbocycles. The molecule has 0 bridgehead atoms. The highest BCUT2D eigenvalue weighted by Gasteiger charge is 2.09. The van der Waals surface area contributed by atoms with Gasteiger partial charge in [-0.05, 0) is 43.5 Å². The van der Waals surface area contributed by atoms with Crippen LogP contribution in [0.1, 0.15) is 49.0 Å². The summed E-state index contributed by atoms with van der Waals surface area (Å²) in [7, 11) is 0. The van der Waals surface area contributed by atoms with Crippen molar-refractivity contribution in [3.63, 3.8) is 0 Å². The summed E-state index contributed by atoms with van der Waals surface area (Å²) in [5.41, 5.74) is 2.37. The number of hydrogen-bond acceptors (Lipinski definition) is 2. The Kier molecular flexibility index (Phi) is 5.01.